The van der Waals surface area contributed by atoms with Crippen molar-refractivity contribution in [1.29, 1.82) is 5.26 Å². The molecular weight excluding hydrogens is 1710 g/mol. The highest BCUT2D eigenvalue weighted by atomic mass is 79.9. The lowest BCUT2D eigenvalue weighted by Crippen LogP contribution is -2.14. The molecule has 8 heterocycles. The van der Waals surface area contributed by atoms with Gasteiger partial charge in [0, 0.05) is 129 Å². The van der Waals surface area contributed by atoms with Crippen LogP contribution in [0.1, 0.15) is 136 Å². The van der Waals surface area contributed by atoms with E-state index in [2.05, 4.69) is 87.6 Å². The highest BCUT2D eigenvalue weighted by molar-refractivity contribution is 9.11. The average Bonchev–Trinajstić information content (AvgIpc) is 1.68. The minimum absolute atomic E-state index is 0.0116. The smallest absolute Gasteiger partial charge is 0.436 e. The Balaban J connectivity index is 0.000000631. The lowest BCUT2D eigenvalue weighted by atomic mass is 10.1. The number of nitrogens with one attached hydrogen (secondary N) is 2. The van der Waals surface area contributed by atoms with E-state index in [4.69, 9.17) is 15.5 Å². The molecule has 0 atom stereocenters. The number of nitriles is 1. The monoisotopic (exact) mass is 1770 g/mol. The second-order valence-corrected chi connectivity index (χ2v) is 26.4. The zero-order chi connectivity index (χ0) is 86.2. The summed E-state index contributed by atoms with van der Waals surface area (Å²) < 4.78 is 329. The number of rotatable bonds is 11. The maximum absolute atomic E-state index is 12.7. The SMILES string of the molecule is CCOC(=O)Cc1c(C(F)(F)F)nn(C)c1C.Cc1[nH]nc(C(F)(F)F)c1Br.Cc1[nH]nc(C(F)(F)F)c1C=O.Cc1c(Br)c(C(F)(F)F)nn1C.Cc1c(CC#N)c(C(F)(F)F)nn1C.Cc1c(CCO)c(C(F)(F)F)nn1C.Cc1c(CCS(C)(=O)=O)c(C(F)(F)F)nn1C.Cc1c(CO)c(C(F)(F)F)nn1C. The maximum atomic E-state index is 12.7. The Morgan fingerprint density at radius 3 is 1.03 bits per heavy atom. The van der Waals surface area contributed by atoms with Crippen LogP contribution in [0, 0.1) is 66.7 Å². The molecule has 0 saturated carbocycles. The maximum Gasteiger partial charge on any atom is 0.436 e. The minimum atomic E-state index is -4.57. The summed E-state index contributed by atoms with van der Waals surface area (Å²) in [6.07, 6.45) is -35.6. The van der Waals surface area contributed by atoms with Crippen LogP contribution < -0.4 is 0 Å². The number of aldehydes is 1. The molecule has 0 spiro atoms. The summed E-state index contributed by atoms with van der Waals surface area (Å²) in [5.74, 6) is -1.00. The highest BCUT2D eigenvalue weighted by Crippen LogP contribution is 2.40. The molecule has 4 N–H and O–H groups in total. The zero-order valence-corrected chi connectivity index (χ0v) is 64.1. The molecule has 620 valence electrons. The summed E-state index contributed by atoms with van der Waals surface area (Å²) in [6.45, 7) is 12.7. The molecule has 0 fully saturated rings. The third kappa shape index (κ3) is 28.3. The van der Waals surface area contributed by atoms with Gasteiger partial charge in [0.05, 0.1) is 52.4 Å². The van der Waals surface area contributed by atoms with E-state index in [9.17, 15) is 123 Å². The molecule has 8 aromatic rings. The van der Waals surface area contributed by atoms with Gasteiger partial charge in [-0.25, -0.2) is 8.42 Å². The van der Waals surface area contributed by atoms with Crippen LogP contribution in [0.25, 0.3) is 0 Å². The predicted octanol–water partition coefficient (Wildman–Crippen LogP) is 14.1. The number of hydrogen-bond donors (Lipinski definition) is 4. The number of esters is 1. The van der Waals surface area contributed by atoms with E-state index in [-0.39, 0.29) is 87.0 Å². The first-order valence-corrected chi connectivity index (χ1v) is 33.8. The fourth-order valence-electron chi connectivity index (χ4n) is 8.61. The normalized spacial score (nSPS) is 12.1. The van der Waals surface area contributed by atoms with Crippen LogP contribution in [0.5, 0.6) is 0 Å². The molecule has 24 nitrogen and oxygen atoms in total. The summed E-state index contributed by atoms with van der Waals surface area (Å²) in [6, 6.07) is 1.70. The van der Waals surface area contributed by atoms with Crippen molar-refractivity contribution in [3.63, 3.8) is 0 Å². The molecule has 0 aliphatic heterocycles. The lowest BCUT2D eigenvalue weighted by Gasteiger charge is -2.06. The Morgan fingerprint density at radius 1 is 0.464 bits per heavy atom. The van der Waals surface area contributed by atoms with Crippen LogP contribution in [0.4, 0.5) is 105 Å². The van der Waals surface area contributed by atoms with Crippen LogP contribution in [-0.2, 0) is 143 Å². The first-order valence-electron chi connectivity index (χ1n) is 30.2. The van der Waals surface area contributed by atoms with E-state index in [0.717, 1.165) is 25.0 Å². The van der Waals surface area contributed by atoms with Gasteiger partial charge in [-0.15, -0.1) is 0 Å². The van der Waals surface area contributed by atoms with Crippen LogP contribution in [0.2, 0.25) is 0 Å². The quantitative estimate of drug-likeness (QED) is 0.0531. The minimum Gasteiger partial charge on any atom is -0.466 e. The first kappa shape index (κ1) is 99.5. The molecular formula is C59H69Br2F24N17O7S. The largest absolute Gasteiger partial charge is 0.466 e. The Bertz CT molecular complexity index is 4530. The molecule has 0 aromatic carbocycles. The number of aromatic nitrogens is 16. The molecule has 0 unspecified atom stereocenters. The van der Waals surface area contributed by atoms with Crippen molar-refractivity contribution >= 4 is 54.0 Å². The number of carbonyl (C=O) groups is 2. The Hall–Kier alpha value is -8.54. The van der Waals surface area contributed by atoms with E-state index in [0.29, 0.717) is 39.9 Å². The van der Waals surface area contributed by atoms with E-state index < -0.39 is 129 Å². The van der Waals surface area contributed by atoms with Crippen LogP contribution in [0.3, 0.4) is 0 Å². The van der Waals surface area contributed by atoms with Crippen molar-refractivity contribution in [2.45, 2.75) is 144 Å². The number of sulfone groups is 1. The van der Waals surface area contributed by atoms with Crippen molar-refractivity contribution in [3.8, 4) is 6.07 Å². The van der Waals surface area contributed by atoms with Crippen molar-refractivity contribution < 1.29 is 138 Å². The molecule has 0 aliphatic carbocycles. The standard InChI is InChI=1S/C10H13F3N2O2.C9H13F3N2O2S.C8H8F3N3.C8H11F3N2O.C7H9F3N2O.C6H6BrF3N2.C6H5F3N2O.C5H4BrF3N2/c1-4-17-8(16)5-7-6(2)15(3)14-9(7)10(11,12)13;1-6-7(4-5-17(3,15)16)8(9(10,11)12)13-14(6)2;1-5-6(3-4-12)7(8(9,10)11)13-14(5)2;1-5-6(3-4-14)7(8(9,10)11)12-13(5)2;1-4-5(3-13)6(7(8,9)10)11-12(4)2;1-3-4(7)5(6(8,9)10)11-12(3)2;1-3-4(2-12)5(11-10-3)6(7,8)9;1-2-3(6)4(11-10-2)5(7,8)9/h2*4-5H2,1-3H3;3H2,1-2H3;14H,3-4H2,1-2H3;13H,3H2,1-2H3;1-2H3;2H,1H3,(H,10,11);1H3,(H,10,11). The number of H-pyrrole nitrogens is 2. The van der Waals surface area contributed by atoms with Crippen molar-refractivity contribution in [2.75, 3.05) is 25.2 Å². The Kier molecular flexibility index (Phi) is 35.3. The Morgan fingerprint density at radius 2 is 0.764 bits per heavy atom. The summed E-state index contributed by atoms with van der Waals surface area (Å²) in [7, 11) is 5.25. The summed E-state index contributed by atoms with van der Waals surface area (Å²) in [4.78, 5) is 21.4. The van der Waals surface area contributed by atoms with Gasteiger partial charge in [0.1, 0.15) is 9.84 Å². The second-order valence-electron chi connectivity index (χ2n) is 22.6. The lowest BCUT2D eigenvalue weighted by molar-refractivity contribution is -0.145. The van der Waals surface area contributed by atoms with E-state index in [1.54, 1.807) is 26.8 Å². The molecule has 0 saturated heterocycles. The van der Waals surface area contributed by atoms with Gasteiger partial charge in [-0.05, 0) is 107 Å². The van der Waals surface area contributed by atoms with Crippen molar-refractivity contribution in [1.82, 2.24) is 79.1 Å². The average molecular weight is 1780 g/mol. The fraction of sp³-hybridized carbons (Fsp3) is 0.542. The summed E-state index contributed by atoms with van der Waals surface area (Å²) >= 11 is 5.61. The van der Waals surface area contributed by atoms with Gasteiger partial charge >= 0.3 is 55.4 Å². The van der Waals surface area contributed by atoms with Gasteiger partial charge in [-0.3, -0.25) is 47.9 Å². The van der Waals surface area contributed by atoms with E-state index in [1.807, 2.05) is 0 Å². The molecule has 8 rings (SSSR count). The number of ether oxygens (including phenoxy) is 1. The highest BCUT2D eigenvalue weighted by Gasteiger charge is 2.44. The van der Waals surface area contributed by atoms with E-state index in [1.165, 1.54) is 93.2 Å². The van der Waals surface area contributed by atoms with E-state index >= 15 is 0 Å². The first-order chi connectivity index (χ1) is 49.6. The third-order valence-electron chi connectivity index (χ3n) is 14.8. The van der Waals surface area contributed by atoms with Gasteiger partial charge in [0.2, 0.25) is 0 Å². The molecule has 0 amide bonds. The van der Waals surface area contributed by atoms with Gasteiger partial charge in [0.25, 0.3) is 0 Å². The number of aromatic amines is 2. The molecule has 110 heavy (non-hydrogen) atoms. The molecule has 0 radical (unpaired) electrons. The predicted molar refractivity (Wildman–Crippen MR) is 345 cm³/mol. The number of hydrogen-bond acceptors (Lipinski definition) is 16. The summed E-state index contributed by atoms with van der Waals surface area (Å²) in [5.41, 5.74) is -5.81. The summed E-state index contributed by atoms with van der Waals surface area (Å²) in [5, 5.41) is 56.2. The molecule has 51 heteroatoms. The number of aryl methyl sites for hydroxylation is 8. The number of aliphatic hydroxyl groups is 2. The molecule has 8 aromatic heterocycles. The Labute approximate surface area is 625 Å². The topological polar surface area (TPSA) is 306 Å². The fourth-order valence-corrected chi connectivity index (χ4v) is 10.1. The third-order valence-corrected chi connectivity index (χ3v) is 17.7. The van der Waals surface area contributed by atoms with Crippen molar-refractivity contribution in [2.24, 2.45) is 42.3 Å². The number of alkyl halides is 24. The van der Waals surface area contributed by atoms with Crippen LogP contribution in [-0.4, -0.2) is 135 Å². The van der Waals surface area contributed by atoms with Gasteiger partial charge in [-0.2, -0.15) is 151 Å². The molecule has 0 bridgehead atoms. The number of aliphatic hydroxyl groups excluding tert-OH is 2. The number of halogens is 26. The van der Waals surface area contributed by atoms with Gasteiger partial charge < -0.3 is 14.9 Å². The molecule has 0 aliphatic rings. The van der Waals surface area contributed by atoms with Gasteiger partial charge in [0.15, 0.2) is 51.8 Å². The second kappa shape index (κ2) is 39.1. The number of nitrogens with zero attached hydrogens (tertiary/aromatic N) is 15. The van der Waals surface area contributed by atoms with Crippen LogP contribution >= 0.6 is 31.9 Å². The zero-order valence-electron chi connectivity index (χ0n) is 60.1. The van der Waals surface area contributed by atoms with Crippen molar-refractivity contribution in [3.05, 3.63) is 133 Å². The van der Waals surface area contributed by atoms with Crippen LogP contribution in [0.15, 0.2) is 8.95 Å². The van der Waals surface area contributed by atoms with Gasteiger partial charge in [-0.1, -0.05) is 0 Å². The number of carbonyl (C=O) groups excluding carboxylic acids is 2.